The molecule has 0 saturated carbocycles. The fourth-order valence-corrected chi connectivity index (χ4v) is 1.39. The molecule has 0 bridgehead atoms. The van der Waals surface area contributed by atoms with Gasteiger partial charge in [0, 0.05) is 6.61 Å². The van der Waals surface area contributed by atoms with Gasteiger partial charge in [0.05, 0.1) is 6.61 Å². The molecule has 0 radical (unpaired) electrons. The van der Waals surface area contributed by atoms with E-state index in [0.717, 1.165) is 0 Å². The molecule has 0 rings (SSSR count). The molecule has 0 aromatic rings. The Morgan fingerprint density at radius 2 is 2.00 bits per heavy atom. The van der Waals surface area contributed by atoms with E-state index in [4.69, 9.17) is 9.84 Å². The summed E-state index contributed by atoms with van der Waals surface area (Å²) in [5, 5.41) is 18.8. The van der Waals surface area contributed by atoms with E-state index in [9.17, 15) is 9.90 Å². The topological polar surface area (TPSA) is 66.8 Å². The Hall–Kier alpha value is -0.610. The van der Waals surface area contributed by atoms with Crippen molar-refractivity contribution in [1.29, 1.82) is 0 Å². The Balaban J connectivity index is 4.37. The molecule has 0 aromatic carbocycles. The number of carbonyl (C=O) groups excluding carboxylic acids is 1. The molecule has 0 amide bonds. The smallest absolute Gasteiger partial charge is 0.338 e. The van der Waals surface area contributed by atoms with Gasteiger partial charge < -0.3 is 14.9 Å². The third-order valence-electron chi connectivity index (χ3n) is 2.55. The molecule has 0 aromatic heterocycles. The zero-order valence-electron chi connectivity index (χ0n) is 9.82. The predicted molar refractivity (Wildman–Crippen MR) is 57.4 cm³/mol. The highest BCUT2D eigenvalue weighted by Gasteiger charge is 2.39. The highest BCUT2D eigenvalue weighted by Crippen LogP contribution is 2.25. The summed E-state index contributed by atoms with van der Waals surface area (Å²) in [6.07, 6.45) is 1.54. The summed E-state index contributed by atoms with van der Waals surface area (Å²) >= 11 is 0. The van der Waals surface area contributed by atoms with Crippen molar-refractivity contribution in [3.63, 3.8) is 0 Å². The SMILES string of the molecule is CCOC(=O)C(O)(CCCCO)C(C)C. The molecule has 4 heteroatoms. The number of unbranched alkanes of at least 4 members (excludes halogenated alkanes) is 1. The maximum Gasteiger partial charge on any atom is 0.338 e. The van der Waals surface area contributed by atoms with Crippen LogP contribution in [0.15, 0.2) is 0 Å². The lowest BCUT2D eigenvalue weighted by Crippen LogP contribution is -2.45. The van der Waals surface area contributed by atoms with Gasteiger partial charge in [0.25, 0.3) is 0 Å². The van der Waals surface area contributed by atoms with Crippen molar-refractivity contribution in [3.8, 4) is 0 Å². The van der Waals surface area contributed by atoms with Crippen LogP contribution in [0.5, 0.6) is 0 Å². The largest absolute Gasteiger partial charge is 0.464 e. The minimum Gasteiger partial charge on any atom is -0.464 e. The first-order valence-electron chi connectivity index (χ1n) is 5.49. The van der Waals surface area contributed by atoms with Crippen LogP contribution in [-0.2, 0) is 9.53 Å². The molecule has 15 heavy (non-hydrogen) atoms. The summed E-state index contributed by atoms with van der Waals surface area (Å²) in [6, 6.07) is 0. The van der Waals surface area contributed by atoms with E-state index in [0.29, 0.717) is 19.3 Å². The van der Waals surface area contributed by atoms with Gasteiger partial charge in [0.1, 0.15) is 0 Å². The first kappa shape index (κ1) is 14.4. The molecule has 2 N–H and O–H groups in total. The lowest BCUT2D eigenvalue weighted by Gasteiger charge is -2.29. The zero-order chi connectivity index (χ0) is 11.9. The van der Waals surface area contributed by atoms with Gasteiger partial charge in [-0.25, -0.2) is 4.79 Å². The Morgan fingerprint density at radius 1 is 1.40 bits per heavy atom. The fourth-order valence-electron chi connectivity index (χ4n) is 1.39. The van der Waals surface area contributed by atoms with Crippen LogP contribution in [0, 0.1) is 5.92 Å². The normalized spacial score (nSPS) is 15.1. The molecule has 0 aliphatic heterocycles. The van der Waals surface area contributed by atoms with E-state index in [1.54, 1.807) is 20.8 Å². The van der Waals surface area contributed by atoms with Gasteiger partial charge in [0.2, 0.25) is 0 Å². The third kappa shape index (κ3) is 4.18. The van der Waals surface area contributed by atoms with Crippen molar-refractivity contribution >= 4 is 5.97 Å². The van der Waals surface area contributed by atoms with Crippen LogP contribution in [0.4, 0.5) is 0 Å². The molecule has 0 aliphatic rings. The quantitative estimate of drug-likeness (QED) is 0.496. The van der Waals surface area contributed by atoms with E-state index in [1.807, 2.05) is 0 Å². The number of esters is 1. The first-order valence-corrected chi connectivity index (χ1v) is 5.49. The van der Waals surface area contributed by atoms with E-state index in [-0.39, 0.29) is 19.1 Å². The van der Waals surface area contributed by atoms with Crippen molar-refractivity contribution in [2.75, 3.05) is 13.2 Å². The summed E-state index contributed by atoms with van der Waals surface area (Å²) < 4.78 is 4.85. The van der Waals surface area contributed by atoms with Crippen LogP contribution >= 0.6 is 0 Å². The molecule has 0 fully saturated rings. The highest BCUT2D eigenvalue weighted by atomic mass is 16.5. The lowest BCUT2D eigenvalue weighted by molar-refractivity contribution is -0.171. The van der Waals surface area contributed by atoms with E-state index in [2.05, 4.69) is 0 Å². The predicted octanol–water partition coefficient (Wildman–Crippen LogP) is 1.10. The Kier molecular flexibility index (Phi) is 6.52. The Labute approximate surface area is 91.3 Å². The number of aliphatic hydroxyl groups is 2. The van der Waals surface area contributed by atoms with E-state index >= 15 is 0 Å². The van der Waals surface area contributed by atoms with Crippen molar-refractivity contribution in [2.24, 2.45) is 5.92 Å². The summed E-state index contributed by atoms with van der Waals surface area (Å²) in [7, 11) is 0. The average molecular weight is 218 g/mol. The number of carbonyl (C=O) groups is 1. The second-order valence-corrected chi connectivity index (χ2v) is 3.98. The second kappa shape index (κ2) is 6.80. The Bertz CT molecular complexity index is 191. The van der Waals surface area contributed by atoms with Gasteiger partial charge in [-0.3, -0.25) is 0 Å². The molecule has 4 nitrogen and oxygen atoms in total. The van der Waals surface area contributed by atoms with Gasteiger partial charge in [0.15, 0.2) is 5.60 Å². The molecule has 1 unspecified atom stereocenters. The number of ether oxygens (including phenoxy) is 1. The molecule has 90 valence electrons. The first-order chi connectivity index (χ1) is 6.99. The van der Waals surface area contributed by atoms with Crippen LogP contribution in [0.2, 0.25) is 0 Å². The van der Waals surface area contributed by atoms with Crippen LogP contribution in [0.25, 0.3) is 0 Å². The average Bonchev–Trinajstić information content (AvgIpc) is 2.18. The van der Waals surface area contributed by atoms with Crippen molar-refractivity contribution in [1.82, 2.24) is 0 Å². The van der Waals surface area contributed by atoms with Crippen molar-refractivity contribution < 1.29 is 19.7 Å². The number of hydrogen-bond acceptors (Lipinski definition) is 4. The molecular formula is C11H22O4. The molecule has 0 spiro atoms. The molecule has 0 aliphatic carbocycles. The lowest BCUT2D eigenvalue weighted by atomic mass is 9.85. The van der Waals surface area contributed by atoms with Crippen LogP contribution in [-0.4, -0.2) is 35.0 Å². The second-order valence-electron chi connectivity index (χ2n) is 3.98. The minimum absolute atomic E-state index is 0.0804. The van der Waals surface area contributed by atoms with Gasteiger partial charge in [-0.05, 0) is 32.1 Å². The van der Waals surface area contributed by atoms with E-state index < -0.39 is 11.6 Å². The molecule has 0 saturated heterocycles. The van der Waals surface area contributed by atoms with Gasteiger partial charge in [-0.2, -0.15) is 0 Å². The molecular weight excluding hydrogens is 196 g/mol. The minimum atomic E-state index is -1.41. The highest BCUT2D eigenvalue weighted by molar-refractivity contribution is 5.79. The monoisotopic (exact) mass is 218 g/mol. The summed E-state index contributed by atoms with van der Waals surface area (Å²) in [5.41, 5.74) is -1.41. The molecule has 0 heterocycles. The standard InChI is InChI=1S/C11H22O4/c1-4-15-10(13)11(14,9(2)3)7-5-6-8-12/h9,12,14H,4-8H2,1-3H3. The number of hydrogen-bond donors (Lipinski definition) is 2. The van der Waals surface area contributed by atoms with Crippen molar-refractivity contribution in [2.45, 2.75) is 45.6 Å². The van der Waals surface area contributed by atoms with Gasteiger partial charge in [-0.15, -0.1) is 0 Å². The Morgan fingerprint density at radius 3 is 2.40 bits per heavy atom. The maximum absolute atomic E-state index is 11.6. The number of aliphatic hydroxyl groups excluding tert-OH is 1. The zero-order valence-corrected chi connectivity index (χ0v) is 9.82. The summed E-state index contributed by atoms with van der Waals surface area (Å²) in [4.78, 5) is 11.6. The van der Waals surface area contributed by atoms with Crippen molar-refractivity contribution in [3.05, 3.63) is 0 Å². The van der Waals surface area contributed by atoms with Crippen LogP contribution in [0.3, 0.4) is 0 Å². The van der Waals surface area contributed by atoms with Gasteiger partial charge >= 0.3 is 5.97 Å². The summed E-state index contributed by atoms with van der Waals surface area (Å²) in [5.74, 6) is -0.742. The third-order valence-corrected chi connectivity index (χ3v) is 2.55. The van der Waals surface area contributed by atoms with E-state index in [1.165, 1.54) is 0 Å². The number of rotatable bonds is 7. The maximum atomic E-state index is 11.6. The van der Waals surface area contributed by atoms with Crippen LogP contribution < -0.4 is 0 Å². The fraction of sp³-hybridized carbons (Fsp3) is 0.909. The molecule has 1 atom stereocenters. The van der Waals surface area contributed by atoms with Gasteiger partial charge in [-0.1, -0.05) is 13.8 Å². The van der Waals surface area contributed by atoms with Crippen LogP contribution in [0.1, 0.15) is 40.0 Å². The summed E-state index contributed by atoms with van der Waals surface area (Å²) in [6.45, 7) is 5.64.